The van der Waals surface area contributed by atoms with Gasteiger partial charge in [-0.3, -0.25) is 0 Å². The zero-order valence-corrected chi connectivity index (χ0v) is 11.4. The average molecular weight is 224 g/mol. The van der Waals surface area contributed by atoms with Gasteiger partial charge in [-0.2, -0.15) is 0 Å². The Morgan fingerprint density at radius 3 is 2.00 bits per heavy atom. The summed E-state index contributed by atoms with van der Waals surface area (Å²) in [6.45, 7) is 1.66. The molecule has 0 saturated carbocycles. The largest absolute Gasteiger partial charge is 0.431 e. The Kier molecular flexibility index (Phi) is 5.66. The summed E-state index contributed by atoms with van der Waals surface area (Å²) >= 11 is 4.82. The van der Waals surface area contributed by atoms with Crippen LogP contribution in [0, 0.1) is 0 Å². The summed E-state index contributed by atoms with van der Waals surface area (Å²) in [7, 11) is 5.27. The quantitative estimate of drug-likeness (QED) is 0.362. The van der Waals surface area contributed by atoms with Gasteiger partial charge in [-0.25, -0.2) is 0 Å². The maximum Gasteiger partial charge on any atom is 0.350 e. The fourth-order valence-corrected chi connectivity index (χ4v) is 1.63. The highest BCUT2D eigenvalue weighted by molar-refractivity contribution is 7.80. The third-order valence-corrected chi connectivity index (χ3v) is 2.97. The van der Waals surface area contributed by atoms with E-state index in [-0.39, 0.29) is 5.73 Å². The van der Waals surface area contributed by atoms with Crippen LogP contribution in [0.5, 0.6) is 0 Å². The zero-order chi connectivity index (χ0) is 10.5. The van der Waals surface area contributed by atoms with Gasteiger partial charge < -0.3 is 18.9 Å². The maximum absolute atomic E-state index is 5.29. The first-order valence-electron chi connectivity index (χ1n) is 3.85. The molecule has 0 aromatic rings. The molecule has 13 heavy (non-hydrogen) atoms. The van der Waals surface area contributed by atoms with Crippen LogP contribution in [-0.4, -0.2) is 48.3 Å². The summed E-state index contributed by atoms with van der Waals surface area (Å²) in [4.78, 5) is 0. The van der Waals surface area contributed by atoms with Crippen molar-refractivity contribution in [1.82, 2.24) is 0 Å². The lowest BCUT2D eigenvalue weighted by Gasteiger charge is -2.34. The minimum atomic E-state index is -1.19. The van der Waals surface area contributed by atoms with Crippen LogP contribution in [0.1, 0.15) is 6.92 Å². The molecule has 0 fully saturated rings. The first-order chi connectivity index (χ1) is 6.02. The first kappa shape index (κ1) is 13.0. The second-order valence-electron chi connectivity index (χ2n) is 2.48. The van der Waals surface area contributed by atoms with Crippen LogP contribution in [0.15, 0.2) is 0 Å². The number of ether oxygens (including phenoxy) is 4. The molecule has 0 aromatic heterocycles. The van der Waals surface area contributed by atoms with E-state index in [4.69, 9.17) is 31.2 Å². The minimum Gasteiger partial charge on any atom is -0.431 e. The van der Waals surface area contributed by atoms with Gasteiger partial charge in [0.1, 0.15) is 5.73 Å². The Morgan fingerprint density at radius 2 is 1.77 bits per heavy atom. The van der Waals surface area contributed by atoms with Crippen molar-refractivity contribution in [3.8, 4) is 0 Å². The monoisotopic (exact) mass is 224 g/mol. The van der Waals surface area contributed by atoms with Gasteiger partial charge in [0.25, 0.3) is 0 Å². The smallest absolute Gasteiger partial charge is 0.350 e. The Bertz CT molecular complexity index is 172. The number of rotatable bonds is 5. The molecule has 0 heterocycles. The Morgan fingerprint density at radius 1 is 1.31 bits per heavy atom. The van der Waals surface area contributed by atoms with Crippen molar-refractivity contribution in [2.75, 3.05) is 21.3 Å². The van der Waals surface area contributed by atoms with Crippen molar-refractivity contribution in [1.29, 1.82) is 0 Å². The predicted molar refractivity (Wildman–Crippen MR) is 56.8 cm³/mol. The van der Waals surface area contributed by atoms with E-state index in [2.05, 4.69) is 0 Å². The van der Waals surface area contributed by atoms with E-state index in [1.165, 1.54) is 14.2 Å². The van der Waals surface area contributed by atoms with Crippen molar-refractivity contribution in [2.45, 2.75) is 18.6 Å². The summed E-state index contributed by atoms with van der Waals surface area (Å²) in [6.07, 6.45) is 0. The first-order valence-corrected chi connectivity index (χ1v) is 5.41. The molecule has 0 amide bonds. The zero-order valence-electron chi connectivity index (χ0n) is 8.62. The number of thiocarbonyl (C=S) groups is 1. The van der Waals surface area contributed by atoms with E-state index in [9.17, 15) is 0 Å². The molecule has 0 aromatic carbocycles. The summed E-state index contributed by atoms with van der Waals surface area (Å²) in [6, 6.07) is 0. The van der Waals surface area contributed by atoms with Gasteiger partial charge in [-0.15, -0.1) is 0 Å². The second-order valence-corrected chi connectivity index (χ2v) is 4.11. The fourth-order valence-electron chi connectivity index (χ4n) is 0.926. The van der Waals surface area contributed by atoms with E-state index in [1.54, 1.807) is 14.0 Å². The number of hydrogen-bond donors (Lipinski definition) is 0. The van der Waals surface area contributed by atoms with Gasteiger partial charge in [0.2, 0.25) is 0 Å². The van der Waals surface area contributed by atoms with Gasteiger partial charge in [0, 0.05) is 28.3 Å². The molecule has 0 aliphatic heterocycles. The van der Waals surface area contributed by atoms with Crippen molar-refractivity contribution >= 4 is 27.5 Å². The molecule has 0 bridgehead atoms. The number of hydrogen-bond acceptors (Lipinski definition) is 5. The summed E-state index contributed by atoms with van der Waals surface area (Å²) in [5.74, 6) is -1.19. The Balaban J connectivity index is 4.57. The van der Waals surface area contributed by atoms with E-state index >= 15 is 0 Å². The lowest BCUT2D eigenvalue weighted by atomic mass is 10.5. The van der Waals surface area contributed by atoms with E-state index < -0.39 is 5.97 Å². The third-order valence-electron chi connectivity index (χ3n) is 1.71. The van der Waals surface area contributed by atoms with Gasteiger partial charge in [-0.1, -0.05) is 0 Å². The fraction of sp³-hybridized carbons (Fsp3) is 0.857. The average Bonchev–Trinajstić information content (AvgIpc) is 2.12. The van der Waals surface area contributed by atoms with Crippen molar-refractivity contribution in [2.24, 2.45) is 0 Å². The summed E-state index contributed by atoms with van der Waals surface area (Å²) < 4.78 is 20.7. The molecule has 6 heteroatoms. The molecule has 0 spiro atoms. The van der Waals surface area contributed by atoms with E-state index in [0.717, 1.165) is 0 Å². The van der Waals surface area contributed by atoms with Crippen LogP contribution in [-0.2, 0) is 18.9 Å². The molecule has 0 aliphatic carbocycles. The molecule has 0 rings (SSSR count). The van der Waals surface area contributed by atoms with Gasteiger partial charge in [0.15, 0.2) is 5.05 Å². The molecule has 0 N–H and O–H groups in total. The molecule has 1 unspecified atom stereocenters. The molecule has 1 atom stereocenters. The molecule has 0 aliphatic rings. The Hall–Kier alpha value is -0.0131. The van der Waals surface area contributed by atoms with E-state index in [1.807, 2.05) is 0 Å². The summed E-state index contributed by atoms with van der Waals surface area (Å²) in [5.41, 5.74) is -0.236. The molecule has 0 radical (unpaired) electrons. The predicted octanol–water partition coefficient (Wildman–Crippen LogP) is -0.365. The van der Waals surface area contributed by atoms with Crippen molar-refractivity contribution in [3.63, 3.8) is 0 Å². The second kappa shape index (κ2) is 5.66. The maximum atomic E-state index is 5.29. The van der Waals surface area contributed by atoms with Crippen molar-refractivity contribution in [3.05, 3.63) is 0 Å². The SMILES string of the molecule is COC([SiH3])C(OC)(OC)OC(C)=S. The van der Waals surface area contributed by atoms with Crippen molar-refractivity contribution < 1.29 is 18.9 Å². The lowest BCUT2D eigenvalue weighted by molar-refractivity contribution is -0.355. The van der Waals surface area contributed by atoms with Crippen LogP contribution in [0.25, 0.3) is 0 Å². The molecule has 78 valence electrons. The summed E-state index contributed by atoms with van der Waals surface area (Å²) in [5, 5.41) is 0.363. The molecular formula is C7H16O4SSi. The lowest BCUT2D eigenvalue weighted by Crippen LogP contribution is -2.50. The molecule has 4 nitrogen and oxygen atoms in total. The highest BCUT2D eigenvalue weighted by atomic mass is 32.1. The topological polar surface area (TPSA) is 36.9 Å². The molecular weight excluding hydrogens is 208 g/mol. The van der Waals surface area contributed by atoms with Crippen LogP contribution >= 0.6 is 12.2 Å². The van der Waals surface area contributed by atoms with Gasteiger partial charge >= 0.3 is 5.97 Å². The highest BCUT2D eigenvalue weighted by Crippen LogP contribution is 2.19. The molecule has 0 saturated heterocycles. The minimum absolute atomic E-state index is 0.236. The van der Waals surface area contributed by atoms with Crippen LogP contribution in [0.2, 0.25) is 0 Å². The van der Waals surface area contributed by atoms with Crippen LogP contribution in [0.3, 0.4) is 0 Å². The van der Waals surface area contributed by atoms with Gasteiger partial charge in [0.05, 0.1) is 10.2 Å². The van der Waals surface area contributed by atoms with Crippen LogP contribution < -0.4 is 0 Å². The van der Waals surface area contributed by atoms with E-state index in [0.29, 0.717) is 15.3 Å². The standard InChI is InChI=1S/C7H16O4SSi/c1-5(12)11-7(9-3,10-4)6(13)8-2/h6H,1-4,13H3. The normalized spacial score (nSPS) is 14.2. The van der Waals surface area contributed by atoms with Crippen LogP contribution in [0.4, 0.5) is 0 Å². The third kappa shape index (κ3) is 3.32. The Labute approximate surface area is 86.9 Å². The highest BCUT2D eigenvalue weighted by Gasteiger charge is 2.40. The van der Waals surface area contributed by atoms with Gasteiger partial charge in [-0.05, 0) is 12.2 Å². The number of methoxy groups -OCH3 is 3.